The van der Waals surface area contributed by atoms with Crippen LogP contribution in [0, 0.1) is 0 Å². The van der Waals surface area contributed by atoms with Gasteiger partial charge in [0.25, 0.3) is 0 Å². The monoisotopic (exact) mass is 166 g/mol. The van der Waals surface area contributed by atoms with Crippen LogP contribution in [0.2, 0.25) is 0 Å². The minimum Gasteiger partial charge on any atom is -0.506 e. The van der Waals surface area contributed by atoms with E-state index < -0.39 is 0 Å². The van der Waals surface area contributed by atoms with E-state index in [2.05, 4.69) is 16.9 Å². The van der Waals surface area contributed by atoms with Crippen LogP contribution < -0.4 is 0 Å². The van der Waals surface area contributed by atoms with Crippen LogP contribution >= 0.6 is 0 Å². The zero-order valence-electron chi connectivity index (χ0n) is 7.27. The Balaban J connectivity index is 0.000000127. The molecule has 1 aromatic rings. The molecule has 3 heteroatoms. The lowest BCUT2D eigenvalue weighted by atomic mass is 10.3. The van der Waals surface area contributed by atoms with Gasteiger partial charge in [-0.2, -0.15) is 0 Å². The van der Waals surface area contributed by atoms with Gasteiger partial charge in [0.1, 0.15) is 5.75 Å². The van der Waals surface area contributed by atoms with Crippen molar-refractivity contribution < 1.29 is 5.11 Å². The Bertz CT molecular complexity index is 209. The lowest BCUT2D eigenvalue weighted by molar-refractivity contribution is 0.229. The van der Waals surface area contributed by atoms with Crippen molar-refractivity contribution in [3.05, 3.63) is 24.5 Å². The van der Waals surface area contributed by atoms with Gasteiger partial charge < -0.3 is 10.0 Å². The SMILES string of the molecule is CN1CCC1.Oc1cccnc1. The summed E-state index contributed by atoms with van der Waals surface area (Å²) in [4.78, 5) is 5.94. The van der Waals surface area contributed by atoms with Gasteiger partial charge in [0, 0.05) is 6.20 Å². The van der Waals surface area contributed by atoms with Crippen molar-refractivity contribution in [2.45, 2.75) is 6.42 Å². The van der Waals surface area contributed by atoms with Gasteiger partial charge in [-0.25, -0.2) is 0 Å². The van der Waals surface area contributed by atoms with Gasteiger partial charge in [0.2, 0.25) is 0 Å². The molecule has 0 aromatic carbocycles. The van der Waals surface area contributed by atoms with E-state index in [9.17, 15) is 0 Å². The van der Waals surface area contributed by atoms with Gasteiger partial charge in [0.15, 0.2) is 0 Å². The Kier molecular flexibility index (Phi) is 3.54. The molecule has 0 aliphatic carbocycles. The van der Waals surface area contributed by atoms with Crippen molar-refractivity contribution in [2.75, 3.05) is 20.1 Å². The highest BCUT2D eigenvalue weighted by Gasteiger charge is 2.04. The fourth-order valence-corrected chi connectivity index (χ4v) is 0.828. The third kappa shape index (κ3) is 3.34. The van der Waals surface area contributed by atoms with E-state index in [1.807, 2.05) is 0 Å². The third-order valence-electron chi connectivity index (χ3n) is 1.73. The quantitative estimate of drug-likeness (QED) is 0.627. The molecule has 1 aromatic heterocycles. The van der Waals surface area contributed by atoms with Crippen molar-refractivity contribution in [1.29, 1.82) is 0 Å². The smallest absolute Gasteiger partial charge is 0.133 e. The van der Waals surface area contributed by atoms with E-state index in [4.69, 9.17) is 5.11 Å². The van der Waals surface area contributed by atoms with Crippen LogP contribution in [0.3, 0.4) is 0 Å². The maximum absolute atomic E-state index is 8.57. The fourth-order valence-electron chi connectivity index (χ4n) is 0.828. The van der Waals surface area contributed by atoms with Crippen LogP contribution in [0.5, 0.6) is 5.75 Å². The first-order valence-electron chi connectivity index (χ1n) is 4.06. The third-order valence-corrected chi connectivity index (χ3v) is 1.73. The lowest BCUT2D eigenvalue weighted by Crippen LogP contribution is -2.32. The number of hydrogen-bond acceptors (Lipinski definition) is 3. The average molecular weight is 166 g/mol. The van der Waals surface area contributed by atoms with Gasteiger partial charge >= 0.3 is 0 Å². The molecule has 1 aliphatic heterocycles. The maximum atomic E-state index is 8.57. The summed E-state index contributed by atoms with van der Waals surface area (Å²) in [7, 11) is 2.14. The predicted octanol–water partition coefficient (Wildman–Crippen LogP) is 1.11. The molecule has 2 rings (SSSR count). The molecular weight excluding hydrogens is 152 g/mol. The molecule has 1 aliphatic rings. The first-order chi connectivity index (χ1) is 5.79. The number of hydrogen-bond donors (Lipinski definition) is 1. The zero-order chi connectivity index (χ0) is 8.81. The normalized spacial score (nSPS) is 15.8. The predicted molar refractivity (Wildman–Crippen MR) is 48.0 cm³/mol. The first kappa shape index (κ1) is 9.00. The highest BCUT2D eigenvalue weighted by Crippen LogP contribution is 1.99. The highest BCUT2D eigenvalue weighted by molar-refractivity contribution is 5.12. The maximum Gasteiger partial charge on any atom is 0.133 e. The molecule has 0 amide bonds. The van der Waals surface area contributed by atoms with E-state index in [-0.39, 0.29) is 5.75 Å². The minimum atomic E-state index is 0.211. The molecule has 3 nitrogen and oxygen atoms in total. The Morgan fingerprint density at radius 2 is 2.17 bits per heavy atom. The number of aromatic nitrogens is 1. The van der Waals surface area contributed by atoms with Crippen LogP contribution in [0.4, 0.5) is 0 Å². The van der Waals surface area contributed by atoms with Crippen molar-refractivity contribution in [2.24, 2.45) is 0 Å². The van der Waals surface area contributed by atoms with E-state index in [1.165, 1.54) is 25.7 Å². The van der Waals surface area contributed by atoms with E-state index in [1.54, 1.807) is 18.3 Å². The van der Waals surface area contributed by atoms with Crippen LogP contribution in [-0.2, 0) is 0 Å². The van der Waals surface area contributed by atoms with Gasteiger partial charge in [-0.3, -0.25) is 4.98 Å². The zero-order valence-corrected chi connectivity index (χ0v) is 7.27. The second-order valence-corrected chi connectivity index (χ2v) is 2.87. The number of aromatic hydroxyl groups is 1. The van der Waals surface area contributed by atoms with Crippen molar-refractivity contribution in [3.8, 4) is 5.75 Å². The summed E-state index contributed by atoms with van der Waals surface area (Å²) >= 11 is 0. The molecule has 0 bridgehead atoms. The summed E-state index contributed by atoms with van der Waals surface area (Å²) < 4.78 is 0. The number of rotatable bonds is 0. The fraction of sp³-hybridized carbons (Fsp3) is 0.444. The van der Waals surface area contributed by atoms with E-state index in [0.717, 1.165) is 0 Å². The summed E-state index contributed by atoms with van der Waals surface area (Å²) in [5.74, 6) is 0.211. The standard InChI is InChI=1S/C5H5NO.C4H9N/c7-5-2-1-3-6-4-5;1-5-3-2-4-5/h1-4,7H;2-4H2,1H3. The Morgan fingerprint density at radius 3 is 2.33 bits per heavy atom. The van der Waals surface area contributed by atoms with E-state index >= 15 is 0 Å². The molecule has 1 fully saturated rings. The number of pyridine rings is 1. The largest absolute Gasteiger partial charge is 0.506 e. The molecule has 1 saturated heterocycles. The van der Waals surface area contributed by atoms with Crippen LogP contribution in [-0.4, -0.2) is 35.1 Å². The Labute approximate surface area is 72.7 Å². The Hall–Kier alpha value is -1.09. The first-order valence-corrected chi connectivity index (χ1v) is 4.06. The number of nitrogens with zero attached hydrogens (tertiary/aromatic N) is 2. The second-order valence-electron chi connectivity index (χ2n) is 2.87. The van der Waals surface area contributed by atoms with E-state index in [0.29, 0.717) is 0 Å². The molecule has 0 radical (unpaired) electrons. The molecule has 0 unspecified atom stereocenters. The molecule has 0 spiro atoms. The van der Waals surface area contributed by atoms with Gasteiger partial charge in [-0.05, 0) is 38.7 Å². The lowest BCUT2D eigenvalue weighted by Gasteiger charge is -2.24. The van der Waals surface area contributed by atoms with Crippen molar-refractivity contribution in [1.82, 2.24) is 9.88 Å². The summed E-state index contributed by atoms with van der Waals surface area (Å²) in [6.45, 7) is 2.64. The highest BCUT2D eigenvalue weighted by atomic mass is 16.3. The van der Waals surface area contributed by atoms with Gasteiger partial charge in [0.05, 0.1) is 6.20 Å². The number of likely N-dealkylation sites (tertiary alicyclic amines) is 1. The molecular formula is C9H14N2O. The second kappa shape index (κ2) is 4.72. The molecule has 2 heterocycles. The summed E-state index contributed by atoms with van der Waals surface area (Å²) in [6, 6.07) is 3.25. The molecule has 0 atom stereocenters. The summed E-state index contributed by atoms with van der Waals surface area (Å²) in [5, 5.41) is 8.57. The van der Waals surface area contributed by atoms with Crippen molar-refractivity contribution in [3.63, 3.8) is 0 Å². The minimum absolute atomic E-state index is 0.211. The van der Waals surface area contributed by atoms with Crippen LogP contribution in [0.1, 0.15) is 6.42 Å². The Morgan fingerprint density at radius 1 is 1.50 bits per heavy atom. The van der Waals surface area contributed by atoms with Crippen LogP contribution in [0.25, 0.3) is 0 Å². The van der Waals surface area contributed by atoms with Gasteiger partial charge in [-0.1, -0.05) is 0 Å². The summed E-state index contributed by atoms with van der Waals surface area (Å²) in [6.07, 6.45) is 4.41. The summed E-state index contributed by atoms with van der Waals surface area (Å²) in [5.41, 5.74) is 0. The molecule has 12 heavy (non-hydrogen) atoms. The topological polar surface area (TPSA) is 36.4 Å². The van der Waals surface area contributed by atoms with Crippen molar-refractivity contribution >= 4 is 0 Å². The average Bonchev–Trinajstić information content (AvgIpc) is 2.04. The molecule has 1 N–H and O–H groups in total. The van der Waals surface area contributed by atoms with Crippen LogP contribution in [0.15, 0.2) is 24.5 Å². The molecule has 0 saturated carbocycles. The molecule has 66 valence electrons. The van der Waals surface area contributed by atoms with Gasteiger partial charge in [-0.15, -0.1) is 0 Å².